The first-order valence-electron chi connectivity index (χ1n) is 9.06. The maximum absolute atomic E-state index is 13.7. The molecule has 1 heterocycles. The van der Waals surface area contributed by atoms with Crippen molar-refractivity contribution in [2.75, 3.05) is 7.05 Å². The van der Waals surface area contributed by atoms with Gasteiger partial charge in [0, 0.05) is 31.5 Å². The molecule has 3 rings (SSSR count). The number of aryl methyl sites for hydroxylation is 1. The number of hydrogen-bond donors (Lipinski definition) is 2. The average molecular weight is 369 g/mol. The Morgan fingerprint density at radius 3 is 2.59 bits per heavy atom. The van der Waals surface area contributed by atoms with E-state index in [0.717, 1.165) is 30.4 Å². The molecule has 0 bridgehead atoms. The predicted molar refractivity (Wildman–Crippen MR) is 102 cm³/mol. The smallest absolute Gasteiger partial charge is 0.253 e. The zero-order valence-corrected chi connectivity index (χ0v) is 15.6. The lowest BCUT2D eigenvalue weighted by molar-refractivity contribution is -0.118. The number of hydrogen-bond acceptors (Lipinski definition) is 3. The topological polar surface area (TPSA) is 61.4 Å². The number of carbonyl (C=O) groups excluding carboxylic acids is 2. The van der Waals surface area contributed by atoms with E-state index in [1.54, 1.807) is 17.2 Å². The highest BCUT2D eigenvalue weighted by molar-refractivity contribution is 6.03. The molecule has 1 aromatic carbocycles. The van der Waals surface area contributed by atoms with Gasteiger partial charge in [-0.2, -0.15) is 0 Å². The first kappa shape index (κ1) is 18.9. The van der Waals surface area contributed by atoms with Gasteiger partial charge < -0.3 is 15.5 Å². The fourth-order valence-corrected chi connectivity index (χ4v) is 3.19. The lowest BCUT2D eigenvalue weighted by atomic mass is 9.92. The third-order valence-electron chi connectivity index (χ3n) is 4.88. The molecule has 1 aliphatic heterocycles. The van der Waals surface area contributed by atoms with Crippen LogP contribution in [0.15, 0.2) is 53.9 Å². The van der Waals surface area contributed by atoms with Crippen LogP contribution in [0.2, 0.25) is 0 Å². The molecule has 0 spiro atoms. The van der Waals surface area contributed by atoms with Crippen LogP contribution in [0.25, 0.3) is 0 Å². The number of amides is 2. The minimum absolute atomic E-state index is 0.194. The molecule has 1 aromatic rings. The molecule has 27 heavy (non-hydrogen) atoms. The van der Waals surface area contributed by atoms with E-state index < -0.39 is 0 Å². The summed E-state index contributed by atoms with van der Waals surface area (Å²) in [5, 5.41) is 5.56. The summed E-state index contributed by atoms with van der Waals surface area (Å²) in [4.78, 5) is 26.6. The van der Waals surface area contributed by atoms with E-state index in [1.807, 2.05) is 13.0 Å². The molecule has 5 nitrogen and oxygen atoms in total. The van der Waals surface area contributed by atoms with Gasteiger partial charge in [-0.15, -0.1) is 0 Å². The van der Waals surface area contributed by atoms with Gasteiger partial charge in [-0.3, -0.25) is 9.59 Å². The first-order chi connectivity index (χ1) is 12.9. The van der Waals surface area contributed by atoms with Gasteiger partial charge >= 0.3 is 0 Å². The third-order valence-corrected chi connectivity index (χ3v) is 4.88. The van der Waals surface area contributed by atoms with Crippen molar-refractivity contribution in [2.24, 2.45) is 0 Å². The minimum atomic E-state index is -0.318. The van der Waals surface area contributed by atoms with Gasteiger partial charge in [0.2, 0.25) is 0 Å². The van der Waals surface area contributed by atoms with Gasteiger partial charge in [0.1, 0.15) is 5.82 Å². The van der Waals surface area contributed by atoms with E-state index in [9.17, 15) is 14.0 Å². The summed E-state index contributed by atoms with van der Waals surface area (Å²) in [6, 6.07) is 4.97. The van der Waals surface area contributed by atoms with E-state index >= 15 is 0 Å². The number of likely N-dealkylation sites (N-methyl/N-ethyl adjacent to an activating group) is 1. The lowest BCUT2D eigenvalue weighted by Gasteiger charge is -2.30. The average Bonchev–Trinajstić information content (AvgIpc) is 2.58. The number of nitrogens with one attached hydrogen (secondary N) is 2. The number of benzene rings is 1. The molecule has 1 aliphatic carbocycles. The summed E-state index contributed by atoms with van der Waals surface area (Å²) in [6.45, 7) is 6.13. The molecule has 0 unspecified atom stereocenters. The van der Waals surface area contributed by atoms with Crippen molar-refractivity contribution in [1.29, 1.82) is 0 Å². The van der Waals surface area contributed by atoms with E-state index in [1.165, 1.54) is 19.2 Å². The van der Waals surface area contributed by atoms with Crippen molar-refractivity contribution >= 4 is 11.8 Å². The number of carbonyl (C=O) groups is 2. The third kappa shape index (κ3) is 4.27. The molecule has 1 saturated carbocycles. The Morgan fingerprint density at radius 1 is 1.26 bits per heavy atom. The van der Waals surface area contributed by atoms with Gasteiger partial charge in [0.25, 0.3) is 11.8 Å². The molecule has 1 fully saturated rings. The summed E-state index contributed by atoms with van der Waals surface area (Å²) < 4.78 is 13.7. The van der Waals surface area contributed by atoms with Crippen molar-refractivity contribution < 1.29 is 14.0 Å². The zero-order chi connectivity index (χ0) is 19.6. The first-order valence-corrected chi connectivity index (χ1v) is 9.06. The summed E-state index contributed by atoms with van der Waals surface area (Å²) in [7, 11) is 1.53. The Bertz CT molecular complexity index is 833. The van der Waals surface area contributed by atoms with Crippen LogP contribution in [-0.2, 0) is 16.1 Å². The van der Waals surface area contributed by atoms with Crippen molar-refractivity contribution in [3.8, 4) is 0 Å². The summed E-state index contributed by atoms with van der Waals surface area (Å²) in [6.07, 6.45) is 6.30. The second kappa shape index (κ2) is 7.78. The standard InChI is InChI=1S/C21H24FN3O2/c1-13-7-15(9-17(22)8-13)11-25-12-16(20(26)24-18-5-4-6-18)10-19(14(25)2)21(27)23-3/h7-10,12,18H,2,4-6,11H2,1,3H3,(H,23,27)(H,24,26). The minimum Gasteiger partial charge on any atom is -0.355 e. The van der Waals surface area contributed by atoms with Gasteiger partial charge in [-0.05, 0) is 55.5 Å². The largest absolute Gasteiger partial charge is 0.355 e. The molecule has 2 amide bonds. The molecular weight excluding hydrogens is 345 g/mol. The number of rotatable bonds is 5. The molecule has 0 atom stereocenters. The van der Waals surface area contributed by atoms with Crippen LogP contribution < -0.4 is 10.6 Å². The van der Waals surface area contributed by atoms with Gasteiger partial charge in [0.15, 0.2) is 0 Å². The molecule has 0 saturated heterocycles. The predicted octanol–water partition coefficient (Wildman–Crippen LogP) is 2.69. The number of nitrogens with zero attached hydrogens (tertiary/aromatic N) is 1. The van der Waals surface area contributed by atoms with Crippen molar-refractivity contribution in [3.63, 3.8) is 0 Å². The Morgan fingerprint density at radius 2 is 2.00 bits per heavy atom. The molecule has 0 radical (unpaired) electrons. The van der Waals surface area contributed by atoms with Crippen LogP contribution in [0.1, 0.15) is 30.4 Å². The van der Waals surface area contributed by atoms with E-state index in [2.05, 4.69) is 17.2 Å². The molecule has 2 N–H and O–H groups in total. The Kier molecular flexibility index (Phi) is 5.44. The van der Waals surface area contributed by atoms with Gasteiger partial charge in [-0.25, -0.2) is 4.39 Å². The second-order valence-corrected chi connectivity index (χ2v) is 7.03. The highest BCUT2D eigenvalue weighted by Gasteiger charge is 2.26. The summed E-state index contributed by atoms with van der Waals surface area (Å²) in [5.74, 6) is -0.849. The van der Waals surface area contributed by atoms with Gasteiger partial charge in [0.05, 0.1) is 11.1 Å². The molecule has 142 valence electrons. The zero-order valence-electron chi connectivity index (χ0n) is 15.6. The maximum atomic E-state index is 13.7. The van der Waals surface area contributed by atoms with Crippen molar-refractivity contribution in [3.05, 3.63) is 70.8 Å². The SMILES string of the molecule is C=C1C(C(=O)NC)=CC(C(=O)NC2CCC2)=CN1Cc1cc(C)cc(F)c1. The Balaban J connectivity index is 1.88. The van der Waals surface area contributed by atoms with Crippen molar-refractivity contribution in [1.82, 2.24) is 15.5 Å². The fraction of sp³-hybridized carbons (Fsp3) is 0.333. The van der Waals surface area contributed by atoms with Crippen LogP contribution in [0.5, 0.6) is 0 Å². The molecule has 0 aromatic heterocycles. The fourth-order valence-electron chi connectivity index (χ4n) is 3.19. The van der Waals surface area contributed by atoms with Gasteiger partial charge in [-0.1, -0.05) is 12.6 Å². The Hall–Kier alpha value is -2.89. The second-order valence-electron chi connectivity index (χ2n) is 7.03. The normalized spacial score (nSPS) is 17.0. The van der Waals surface area contributed by atoms with Crippen LogP contribution in [0.4, 0.5) is 4.39 Å². The van der Waals surface area contributed by atoms with Crippen LogP contribution >= 0.6 is 0 Å². The maximum Gasteiger partial charge on any atom is 0.253 e. The number of halogens is 1. The van der Waals surface area contributed by atoms with Crippen molar-refractivity contribution in [2.45, 2.75) is 38.8 Å². The highest BCUT2D eigenvalue weighted by Crippen LogP contribution is 2.26. The van der Waals surface area contributed by atoms with E-state index in [-0.39, 0.29) is 23.7 Å². The monoisotopic (exact) mass is 369 g/mol. The molecular formula is C21H24FN3O2. The summed E-state index contributed by atoms with van der Waals surface area (Å²) in [5.41, 5.74) is 2.73. The Labute approximate surface area is 158 Å². The highest BCUT2D eigenvalue weighted by atomic mass is 19.1. The lowest BCUT2D eigenvalue weighted by Crippen LogP contribution is -2.41. The van der Waals surface area contributed by atoms with Crippen LogP contribution in [-0.4, -0.2) is 29.8 Å². The summed E-state index contributed by atoms with van der Waals surface area (Å²) >= 11 is 0. The van der Waals surface area contributed by atoms with E-state index in [4.69, 9.17) is 0 Å². The van der Waals surface area contributed by atoms with Crippen LogP contribution in [0.3, 0.4) is 0 Å². The van der Waals surface area contributed by atoms with E-state index in [0.29, 0.717) is 23.4 Å². The van der Waals surface area contributed by atoms with Crippen LogP contribution in [0, 0.1) is 12.7 Å². The molecule has 2 aliphatic rings. The quantitative estimate of drug-likeness (QED) is 0.839. The molecule has 6 heteroatoms.